The van der Waals surface area contributed by atoms with E-state index < -0.39 is 0 Å². The molecule has 94 valence electrons. The molecule has 1 unspecified atom stereocenters. The van der Waals surface area contributed by atoms with E-state index in [2.05, 4.69) is 62.3 Å². The molecule has 1 fully saturated rings. The number of nitrogens with one attached hydrogen (secondary N) is 1. The number of hydrogen-bond donors (Lipinski definition) is 1. The van der Waals surface area contributed by atoms with E-state index in [9.17, 15) is 0 Å². The SMILES string of the molecule is CCNC(CCC1CC1)c1cc(Br)cc(Br)c1. The van der Waals surface area contributed by atoms with Gasteiger partial charge in [-0.15, -0.1) is 0 Å². The Balaban J connectivity index is 2.05. The Morgan fingerprint density at radius 3 is 2.41 bits per heavy atom. The molecule has 1 aliphatic carbocycles. The van der Waals surface area contributed by atoms with Crippen molar-refractivity contribution in [3.8, 4) is 0 Å². The molecule has 0 heterocycles. The lowest BCUT2D eigenvalue weighted by Crippen LogP contribution is -2.21. The molecule has 3 heteroatoms. The van der Waals surface area contributed by atoms with E-state index in [4.69, 9.17) is 0 Å². The van der Waals surface area contributed by atoms with E-state index in [0.29, 0.717) is 6.04 Å². The second-order valence-electron chi connectivity index (χ2n) is 4.83. The van der Waals surface area contributed by atoms with Crippen molar-refractivity contribution in [1.82, 2.24) is 5.32 Å². The Hall–Kier alpha value is 0.140. The van der Waals surface area contributed by atoms with Gasteiger partial charge in [-0.25, -0.2) is 0 Å². The number of rotatable bonds is 6. The smallest absolute Gasteiger partial charge is 0.0321 e. The molecule has 1 aromatic rings. The van der Waals surface area contributed by atoms with Gasteiger partial charge in [0.15, 0.2) is 0 Å². The summed E-state index contributed by atoms with van der Waals surface area (Å²) >= 11 is 7.13. The molecule has 0 bridgehead atoms. The Bertz CT molecular complexity index is 354. The fourth-order valence-electron chi connectivity index (χ4n) is 2.22. The van der Waals surface area contributed by atoms with Crippen molar-refractivity contribution < 1.29 is 0 Å². The van der Waals surface area contributed by atoms with Gasteiger partial charge in [0.05, 0.1) is 0 Å². The lowest BCUT2D eigenvalue weighted by molar-refractivity contribution is 0.481. The molecule has 0 radical (unpaired) electrons. The third kappa shape index (κ3) is 4.38. The van der Waals surface area contributed by atoms with Crippen molar-refractivity contribution in [3.05, 3.63) is 32.7 Å². The number of benzene rings is 1. The molecule has 0 saturated heterocycles. The molecule has 0 amide bonds. The van der Waals surface area contributed by atoms with Crippen molar-refractivity contribution >= 4 is 31.9 Å². The van der Waals surface area contributed by atoms with E-state index in [-0.39, 0.29) is 0 Å². The fourth-order valence-corrected chi connectivity index (χ4v) is 3.55. The molecule has 2 rings (SSSR count). The van der Waals surface area contributed by atoms with E-state index >= 15 is 0 Å². The minimum atomic E-state index is 0.495. The van der Waals surface area contributed by atoms with Gasteiger partial charge < -0.3 is 5.32 Å². The monoisotopic (exact) mass is 359 g/mol. The first-order valence-corrected chi connectivity index (χ1v) is 7.97. The Kier molecular flexibility index (Phi) is 5.07. The topological polar surface area (TPSA) is 12.0 Å². The summed E-state index contributed by atoms with van der Waals surface area (Å²) in [6, 6.07) is 7.04. The van der Waals surface area contributed by atoms with Crippen molar-refractivity contribution in [2.24, 2.45) is 5.92 Å². The molecule has 1 saturated carbocycles. The number of hydrogen-bond acceptors (Lipinski definition) is 1. The molecule has 1 N–H and O–H groups in total. The highest BCUT2D eigenvalue weighted by molar-refractivity contribution is 9.11. The molecule has 1 atom stereocenters. The van der Waals surface area contributed by atoms with Crippen LogP contribution in [-0.2, 0) is 0 Å². The van der Waals surface area contributed by atoms with Gasteiger partial charge in [0.25, 0.3) is 0 Å². The van der Waals surface area contributed by atoms with Gasteiger partial charge in [-0.2, -0.15) is 0 Å². The average Bonchev–Trinajstić information content (AvgIpc) is 3.06. The van der Waals surface area contributed by atoms with Crippen LogP contribution in [0.2, 0.25) is 0 Å². The normalized spacial score (nSPS) is 17.1. The summed E-state index contributed by atoms with van der Waals surface area (Å²) in [7, 11) is 0. The minimum Gasteiger partial charge on any atom is -0.310 e. The summed E-state index contributed by atoms with van der Waals surface area (Å²) < 4.78 is 2.30. The summed E-state index contributed by atoms with van der Waals surface area (Å²) in [5.41, 5.74) is 1.38. The summed E-state index contributed by atoms with van der Waals surface area (Å²) in [6.45, 7) is 3.20. The Labute approximate surface area is 121 Å². The van der Waals surface area contributed by atoms with Crippen LogP contribution in [0.15, 0.2) is 27.1 Å². The van der Waals surface area contributed by atoms with Crippen molar-refractivity contribution in [1.29, 1.82) is 0 Å². The zero-order chi connectivity index (χ0) is 12.3. The van der Waals surface area contributed by atoms with Crippen LogP contribution in [0, 0.1) is 5.92 Å². The summed E-state index contributed by atoms with van der Waals surface area (Å²) in [5, 5.41) is 3.59. The third-order valence-corrected chi connectivity index (χ3v) is 4.21. The molecule has 0 spiro atoms. The number of halogens is 2. The van der Waals surface area contributed by atoms with Crippen LogP contribution in [0.25, 0.3) is 0 Å². The van der Waals surface area contributed by atoms with Crippen molar-refractivity contribution in [3.63, 3.8) is 0 Å². The Morgan fingerprint density at radius 1 is 1.24 bits per heavy atom. The van der Waals surface area contributed by atoms with Gasteiger partial charge >= 0.3 is 0 Å². The van der Waals surface area contributed by atoms with Gasteiger partial charge in [0.2, 0.25) is 0 Å². The average molecular weight is 361 g/mol. The lowest BCUT2D eigenvalue weighted by atomic mass is 10.0. The third-order valence-electron chi connectivity index (χ3n) is 3.30. The highest BCUT2D eigenvalue weighted by Gasteiger charge is 2.23. The van der Waals surface area contributed by atoms with E-state index in [1.807, 2.05) is 0 Å². The molecule has 0 aromatic heterocycles. The maximum Gasteiger partial charge on any atom is 0.0321 e. The van der Waals surface area contributed by atoms with Gasteiger partial charge in [-0.1, -0.05) is 51.6 Å². The molecular weight excluding hydrogens is 342 g/mol. The van der Waals surface area contributed by atoms with Crippen molar-refractivity contribution in [2.75, 3.05) is 6.54 Å². The fraction of sp³-hybridized carbons (Fsp3) is 0.571. The van der Waals surface area contributed by atoms with Gasteiger partial charge in [0.1, 0.15) is 0 Å². The largest absolute Gasteiger partial charge is 0.310 e. The van der Waals surface area contributed by atoms with Gasteiger partial charge in [-0.3, -0.25) is 0 Å². The summed E-state index contributed by atoms with van der Waals surface area (Å²) in [6.07, 6.45) is 5.51. The second-order valence-corrected chi connectivity index (χ2v) is 6.67. The first-order chi connectivity index (χ1) is 8.19. The molecule has 0 aliphatic heterocycles. The first-order valence-electron chi connectivity index (χ1n) is 6.38. The quantitative estimate of drug-likeness (QED) is 0.748. The van der Waals surface area contributed by atoms with Crippen LogP contribution >= 0.6 is 31.9 Å². The lowest BCUT2D eigenvalue weighted by Gasteiger charge is -2.19. The zero-order valence-electron chi connectivity index (χ0n) is 10.2. The Morgan fingerprint density at radius 2 is 1.88 bits per heavy atom. The molecule has 1 aromatic carbocycles. The van der Waals surface area contributed by atoms with Crippen LogP contribution in [0.4, 0.5) is 0 Å². The first kappa shape index (κ1) is 13.6. The molecule has 1 aliphatic rings. The molecule has 1 nitrogen and oxygen atoms in total. The van der Waals surface area contributed by atoms with Crippen molar-refractivity contribution in [2.45, 2.75) is 38.6 Å². The highest BCUT2D eigenvalue weighted by atomic mass is 79.9. The van der Waals surface area contributed by atoms with Crippen LogP contribution in [0.5, 0.6) is 0 Å². The van der Waals surface area contributed by atoms with Gasteiger partial charge in [0, 0.05) is 15.0 Å². The maximum absolute atomic E-state index is 3.59. The van der Waals surface area contributed by atoms with E-state index in [1.54, 1.807) is 0 Å². The molecular formula is C14H19Br2N. The predicted molar refractivity (Wildman–Crippen MR) is 80.2 cm³/mol. The second kappa shape index (κ2) is 6.35. The van der Waals surface area contributed by atoms with E-state index in [1.165, 1.54) is 31.2 Å². The predicted octanol–water partition coefficient (Wildman–Crippen LogP) is 5.05. The summed E-state index contributed by atoms with van der Waals surface area (Å²) in [4.78, 5) is 0. The van der Waals surface area contributed by atoms with Gasteiger partial charge in [-0.05, 0) is 49.1 Å². The molecule has 17 heavy (non-hydrogen) atoms. The minimum absolute atomic E-state index is 0.495. The van der Waals surface area contributed by atoms with Crippen LogP contribution in [0.1, 0.15) is 44.2 Å². The highest BCUT2D eigenvalue weighted by Crippen LogP contribution is 2.36. The standard InChI is InChI=1S/C14H19Br2N/c1-2-17-14(6-5-10-3-4-10)11-7-12(15)9-13(16)8-11/h7-10,14,17H,2-6H2,1H3. The van der Waals surface area contributed by atoms with Crippen LogP contribution < -0.4 is 5.32 Å². The maximum atomic E-state index is 3.59. The van der Waals surface area contributed by atoms with Crippen LogP contribution in [-0.4, -0.2) is 6.54 Å². The van der Waals surface area contributed by atoms with E-state index in [0.717, 1.165) is 21.4 Å². The van der Waals surface area contributed by atoms with Crippen LogP contribution in [0.3, 0.4) is 0 Å². The summed E-state index contributed by atoms with van der Waals surface area (Å²) in [5.74, 6) is 1.01. The zero-order valence-corrected chi connectivity index (χ0v) is 13.4.